The van der Waals surface area contributed by atoms with E-state index in [1.54, 1.807) is 43.7 Å². The number of carbonyl (C=O) groups is 2. The Morgan fingerprint density at radius 3 is 2.48 bits per heavy atom. The molecule has 0 fully saturated rings. The Morgan fingerprint density at radius 2 is 1.90 bits per heavy atom. The molecule has 0 spiro atoms. The summed E-state index contributed by atoms with van der Waals surface area (Å²) in [6, 6.07) is 12.5. The predicted octanol–water partition coefficient (Wildman–Crippen LogP) is 3.57. The molecule has 0 atom stereocenters. The number of rotatable bonds is 8. The highest BCUT2D eigenvalue weighted by Crippen LogP contribution is 2.21. The summed E-state index contributed by atoms with van der Waals surface area (Å²) in [4.78, 5) is 27.6. The third-order valence-corrected chi connectivity index (χ3v) is 4.40. The monoisotopic (exact) mass is 413 g/mol. The molecule has 0 saturated carbocycles. The number of aliphatic imine (C=N–C) groups is 1. The van der Waals surface area contributed by atoms with E-state index in [2.05, 4.69) is 10.3 Å². The van der Waals surface area contributed by atoms with Gasteiger partial charge in [0.2, 0.25) is 11.8 Å². The summed E-state index contributed by atoms with van der Waals surface area (Å²) in [5, 5.41) is 3.36. The Morgan fingerprint density at radius 1 is 1.21 bits per heavy atom. The van der Waals surface area contributed by atoms with Gasteiger partial charge in [-0.25, -0.2) is 0 Å². The molecule has 29 heavy (non-hydrogen) atoms. The van der Waals surface area contributed by atoms with Crippen molar-refractivity contribution in [1.82, 2.24) is 5.32 Å². The van der Waals surface area contributed by atoms with Crippen LogP contribution in [0.5, 0.6) is 5.75 Å². The number of benzene rings is 2. The molecule has 0 bridgehead atoms. The van der Waals surface area contributed by atoms with Gasteiger partial charge in [0.25, 0.3) is 0 Å². The molecule has 0 aliphatic carbocycles. The number of nitrogens with one attached hydrogen (secondary N) is 1. The standard InChI is InChI=1S/C22H24ClN3O3/c1-14(2)22(28)26-12-15-4-9-19(23)17(10-15)13-25-20(11-21(24)27)16-5-7-18(29-3)8-6-16/h4-11,13-14H,12H2,1-3H3,(H2,24,27)(H,26,28)/b20-11-,25-13?. The molecule has 7 heteroatoms. The lowest BCUT2D eigenvalue weighted by molar-refractivity contribution is -0.124. The average molecular weight is 414 g/mol. The lowest BCUT2D eigenvalue weighted by atomic mass is 10.1. The van der Waals surface area contributed by atoms with Crippen LogP contribution >= 0.6 is 11.6 Å². The van der Waals surface area contributed by atoms with Gasteiger partial charge in [-0.05, 0) is 42.0 Å². The summed E-state index contributed by atoms with van der Waals surface area (Å²) in [5.74, 6) is -0.0322. The number of primary amides is 1. The van der Waals surface area contributed by atoms with E-state index < -0.39 is 5.91 Å². The van der Waals surface area contributed by atoms with E-state index in [9.17, 15) is 9.59 Å². The lowest BCUT2D eigenvalue weighted by Gasteiger charge is -2.09. The first-order chi connectivity index (χ1) is 13.8. The first-order valence-electron chi connectivity index (χ1n) is 9.06. The Balaban J connectivity index is 2.26. The zero-order valence-electron chi connectivity index (χ0n) is 16.6. The summed E-state index contributed by atoms with van der Waals surface area (Å²) < 4.78 is 5.15. The van der Waals surface area contributed by atoms with Gasteiger partial charge in [-0.1, -0.05) is 31.5 Å². The molecule has 2 aromatic rings. The van der Waals surface area contributed by atoms with Crippen LogP contribution in [0.25, 0.3) is 5.70 Å². The minimum Gasteiger partial charge on any atom is -0.497 e. The second kappa shape index (κ2) is 10.4. The van der Waals surface area contributed by atoms with E-state index in [0.717, 1.165) is 5.56 Å². The fraction of sp³-hybridized carbons (Fsp3) is 0.227. The summed E-state index contributed by atoms with van der Waals surface area (Å²) in [6.45, 7) is 4.06. The van der Waals surface area contributed by atoms with Crippen molar-refractivity contribution in [3.63, 3.8) is 0 Å². The van der Waals surface area contributed by atoms with Crippen LogP contribution < -0.4 is 15.8 Å². The summed E-state index contributed by atoms with van der Waals surface area (Å²) in [7, 11) is 1.58. The topological polar surface area (TPSA) is 93.8 Å². The molecule has 0 radical (unpaired) electrons. The third kappa shape index (κ3) is 6.76. The number of carbonyl (C=O) groups excluding carboxylic acids is 2. The van der Waals surface area contributed by atoms with Gasteiger partial charge < -0.3 is 15.8 Å². The van der Waals surface area contributed by atoms with Crippen LogP contribution in [0.4, 0.5) is 0 Å². The minimum absolute atomic E-state index is 0.0265. The van der Waals surface area contributed by atoms with Gasteiger partial charge in [-0.3, -0.25) is 14.6 Å². The van der Waals surface area contributed by atoms with E-state index >= 15 is 0 Å². The van der Waals surface area contributed by atoms with E-state index in [1.165, 1.54) is 6.08 Å². The second-order valence-electron chi connectivity index (χ2n) is 6.65. The Hall–Kier alpha value is -3.12. The SMILES string of the molecule is COc1ccc(/C(=C/C(N)=O)N=Cc2cc(CNC(=O)C(C)C)ccc2Cl)cc1. The molecule has 0 heterocycles. The average Bonchev–Trinajstić information content (AvgIpc) is 2.70. The van der Waals surface area contributed by atoms with Crippen molar-refractivity contribution >= 4 is 35.3 Å². The van der Waals surface area contributed by atoms with E-state index in [1.807, 2.05) is 26.0 Å². The lowest BCUT2D eigenvalue weighted by Crippen LogP contribution is -2.27. The summed E-state index contributed by atoms with van der Waals surface area (Å²) >= 11 is 6.28. The molecule has 0 unspecified atom stereocenters. The highest BCUT2D eigenvalue weighted by Gasteiger charge is 2.08. The van der Waals surface area contributed by atoms with Crippen LogP contribution in [0, 0.1) is 5.92 Å². The first-order valence-corrected chi connectivity index (χ1v) is 9.43. The van der Waals surface area contributed by atoms with Crippen LogP contribution in [0.3, 0.4) is 0 Å². The normalized spacial score (nSPS) is 11.7. The maximum Gasteiger partial charge on any atom is 0.243 e. The zero-order valence-corrected chi connectivity index (χ0v) is 17.4. The van der Waals surface area contributed by atoms with Gasteiger partial charge >= 0.3 is 0 Å². The van der Waals surface area contributed by atoms with E-state index in [0.29, 0.717) is 34.1 Å². The highest BCUT2D eigenvalue weighted by molar-refractivity contribution is 6.33. The number of amides is 2. The first kappa shape index (κ1) is 22.2. The summed E-state index contributed by atoms with van der Waals surface area (Å²) in [5.41, 5.74) is 7.97. The van der Waals surface area contributed by atoms with Crippen LogP contribution in [0.1, 0.15) is 30.5 Å². The molecule has 2 aromatic carbocycles. The molecule has 6 nitrogen and oxygen atoms in total. The molecule has 3 N–H and O–H groups in total. The molecule has 0 aliphatic rings. The van der Waals surface area contributed by atoms with Crippen LogP contribution in [0.15, 0.2) is 53.5 Å². The zero-order chi connectivity index (χ0) is 21.4. The molecule has 0 aromatic heterocycles. The molecule has 2 rings (SSSR count). The number of hydrogen-bond acceptors (Lipinski definition) is 4. The van der Waals surface area contributed by atoms with Crippen molar-refractivity contribution in [3.05, 3.63) is 70.3 Å². The minimum atomic E-state index is -0.607. The van der Waals surface area contributed by atoms with E-state index in [4.69, 9.17) is 22.1 Å². The van der Waals surface area contributed by atoms with Crippen molar-refractivity contribution in [2.75, 3.05) is 7.11 Å². The number of nitrogens with zero attached hydrogens (tertiary/aromatic N) is 1. The molecule has 2 amide bonds. The van der Waals surface area contributed by atoms with Crippen molar-refractivity contribution in [1.29, 1.82) is 0 Å². The third-order valence-electron chi connectivity index (χ3n) is 4.06. The number of ether oxygens (including phenoxy) is 1. The maximum absolute atomic E-state index is 11.8. The van der Waals surface area contributed by atoms with Crippen LogP contribution in [0.2, 0.25) is 5.02 Å². The Labute approximate surface area is 175 Å². The van der Waals surface area contributed by atoms with Gasteiger partial charge in [0.05, 0.1) is 12.8 Å². The predicted molar refractivity (Wildman–Crippen MR) is 116 cm³/mol. The van der Waals surface area contributed by atoms with Crippen molar-refractivity contribution in [2.24, 2.45) is 16.6 Å². The quantitative estimate of drug-likeness (QED) is 0.511. The molecular formula is C22H24ClN3O3. The van der Waals surface area contributed by atoms with Crippen LogP contribution in [-0.4, -0.2) is 25.1 Å². The molecule has 0 aliphatic heterocycles. The van der Waals surface area contributed by atoms with Crippen molar-refractivity contribution in [2.45, 2.75) is 20.4 Å². The van der Waals surface area contributed by atoms with Crippen molar-refractivity contribution in [3.8, 4) is 5.75 Å². The van der Waals surface area contributed by atoms with Gasteiger partial charge in [0, 0.05) is 40.9 Å². The molecule has 152 valence electrons. The smallest absolute Gasteiger partial charge is 0.243 e. The maximum atomic E-state index is 11.8. The Kier molecular flexibility index (Phi) is 7.98. The summed E-state index contributed by atoms with van der Waals surface area (Å²) in [6.07, 6.45) is 2.81. The number of hydrogen-bond donors (Lipinski definition) is 2. The highest BCUT2D eigenvalue weighted by atomic mass is 35.5. The van der Waals surface area contributed by atoms with Crippen molar-refractivity contribution < 1.29 is 14.3 Å². The number of nitrogens with two attached hydrogens (primary N) is 1. The second-order valence-corrected chi connectivity index (χ2v) is 7.05. The van der Waals surface area contributed by atoms with E-state index in [-0.39, 0.29) is 11.8 Å². The van der Waals surface area contributed by atoms with Gasteiger partial charge in [-0.15, -0.1) is 0 Å². The van der Waals surface area contributed by atoms with Gasteiger partial charge in [-0.2, -0.15) is 0 Å². The fourth-order valence-corrected chi connectivity index (χ4v) is 2.59. The van der Waals surface area contributed by atoms with Gasteiger partial charge in [0.15, 0.2) is 0 Å². The van der Waals surface area contributed by atoms with Crippen LogP contribution in [-0.2, 0) is 16.1 Å². The Bertz CT molecular complexity index is 935. The molecule has 0 saturated heterocycles. The number of halogens is 1. The largest absolute Gasteiger partial charge is 0.497 e. The fourth-order valence-electron chi connectivity index (χ4n) is 2.43. The van der Waals surface area contributed by atoms with Gasteiger partial charge in [0.1, 0.15) is 5.75 Å². The molecular weight excluding hydrogens is 390 g/mol. The number of methoxy groups -OCH3 is 1.